The van der Waals surface area contributed by atoms with E-state index < -0.39 is 0 Å². The minimum Gasteiger partial charge on any atom is -0.330 e. The zero-order valence-corrected chi connectivity index (χ0v) is 14.5. The number of hydrogen-bond donors (Lipinski definition) is 1. The summed E-state index contributed by atoms with van der Waals surface area (Å²) < 4.78 is 17.2. The molecule has 0 aliphatic carbocycles. The Balaban J connectivity index is 2.42. The summed E-state index contributed by atoms with van der Waals surface area (Å²) in [7, 11) is 0. The summed E-state index contributed by atoms with van der Waals surface area (Å²) in [6, 6.07) is 8.46. The first-order valence-electron chi connectivity index (χ1n) is 5.52. The van der Waals surface area contributed by atoms with Crippen LogP contribution in [0.4, 0.5) is 4.39 Å². The van der Waals surface area contributed by atoms with E-state index >= 15 is 0 Å². The second-order valence-corrected chi connectivity index (χ2v) is 6.68. The maximum absolute atomic E-state index is 13.8. The maximum atomic E-state index is 13.8. The van der Waals surface area contributed by atoms with Gasteiger partial charge in [-0.15, -0.1) is 0 Å². The highest BCUT2D eigenvalue weighted by molar-refractivity contribution is 9.10. The normalized spacial score (nSPS) is 11.2. The maximum Gasteiger partial charge on any atom is 0.182 e. The van der Waals surface area contributed by atoms with Gasteiger partial charge < -0.3 is 4.98 Å². The number of nitrogens with one attached hydrogen (secondary N) is 1. The summed E-state index contributed by atoms with van der Waals surface area (Å²) in [6.45, 7) is 0. The van der Waals surface area contributed by atoms with Crippen LogP contribution in [0.5, 0.6) is 0 Å². The lowest BCUT2D eigenvalue weighted by atomic mass is 10.2. The molecular weight excluding hydrogens is 430 g/mol. The van der Waals surface area contributed by atoms with Crippen molar-refractivity contribution in [2.24, 2.45) is 0 Å². The van der Waals surface area contributed by atoms with Crippen LogP contribution < -0.4 is 0 Å². The van der Waals surface area contributed by atoms with E-state index in [1.807, 2.05) is 6.07 Å². The molecular formula is C13H6Br2ClFN2S. The molecule has 0 saturated heterocycles. The Morgan fingerprint density at radius 1 is 1.15 bits per heavy atom. The van der Waals surface area contributed by atoms with Crippen LogP contribution in [0.3, 0.4) is 0 Å². The molecule has 0 fully saturated rings. The van der Waals surface area contributed by atoms with Crippen LogP contribution in [0.1, 0.15) is 0 Å². The van der Waals surface area contributed by atoms with Crippen LogP contribution in [0, 0.1) is 10.6 Å². The number of H-pyrrole nitrogens is 1. The van der Waals surface area contributed by atoms with Crippen LogP contribution in [-0.2, 0) is 0 Å². The molecule has 3 aromatic rings. The topological polar surface area (TPSA) is 20.7 Å². The van der Waals surface area contributed by atoms with E-state index in [-0.39, 0.29) is 5.82 Å². The summed E-state index contributed by atoms with van der Waals surface area (Å²) in [6.07, 6.45) is 0. The third-order valence-corrected chi connectivity index (χ3v) is 4.67. The highest BCUT2D eigenvalue weighted by Crippen LogP contribution is 2.30. The zero-order chi connectivity index (χ0) is 14.4. The van der Waals surface area contributed by atoms with Gasteiger partial charge in [0.1, 0.15) is 5.82 Å². The summed E-state index contributed by atoms with van der Waals surface area (Å²) in [5.41, 5.74) is 2.16. The fourth-order valence-electron chi connectivity index (χ4n) is 2.00. The molecule has 3 rings (SSSR count). The first-order valence-corrected chi connectivity index (χ1v) is 7.90. The summed E-state index contributed by atoms with van der Waals surface area (Å²) in [4.78, 5) is 3.06. The fraction of sp³-hybridized carbons (Fsp3) is 0. The van der Waals surface area contributed by atoms with Gasteiger partial charge >= 0.3 is 0 Å². The van der Waals surface area contributed by atoms with Crippen molar-refractivity contribution >= 4 is 66.7 Å². The van der Waals surface area contributed by atoms with E-state index in [4.69, 9.17) is 23.8 Å². The quantitative estimate of drug-likeness (QED) is 0.464. The van der Waals surface area contributed by atoms with E-state index in [1.165, 1.54) is 6.07 Å². The number of hydrogen-bond acceptors (Lipinski definition) is 1. The predicted octanol–water partition coefficient (Wildman–Crippen LogP) is 6.01. The van der Waals surface area contributed by atoms with Gasteiger partial charge in [-0.05, 0) is 68.3 Å². The fourth-order valence-corrected chi connectivity index (χ4v) is 3.24. The molecule has 2 aromatic carbocycles. The second-order valence-electron chi connectivity index (χ2n) is 4.14. The van der Waals surface area contributed by atoms with Gasteiger partial charge in [0, 0.05) is 15.6 Å². The van der Waals surface area contributed by atoms with Gasteiger partial charge in [0.2, 0.25) is 0 Å². The molecule has 0 unspecified atom stereocenters. The van der Waals surface area contributed by atoms with Crippen molar-refractivity contribution in [3.05, 3.63) is 54.9 Å². The number of halogens is 4. The molecule has 102 valence electrons. The Kier molecular flexibility index (Phi) is 3.75. The molecule has 20 heavy (non-hydrogen) atoms. The molecule has 0 spiro atoms. The Labute approximate surface area is 140 Å². The molecule has 0 atom stereocenters. The van der Waals surface area contributed by atoms with Crippen LogP contribution in [0.2, 0.25) is 5.02 Å². The minimum atomic E-state index is -0.349. The third kappa shape index (κ3) is 2.35. The van der Waals surface area contributed by atoms with Crippen molar-refractivity contribution in [3.63, 3.8) is 0 Å². The van der Waals surface area contributed by atoms with Crippen molar-refractivity contribution in [2.45, 2.75) is 0 Å². The number of aromatic amines is 1. The smallest absolute Gasteiger partial charge is 0.182 e. The lowest BCUT2D eigenvalue weighted by Gasteiger charge is -2.08. The first kappa shape index (κ1) is 14.3. The number of rotatable bonds is 1. The summed E-state index contributed by atoms with van der Waals surface area (Å²) in [5, 5.41) is 0.581. The van der Waals surface area contributed by atoms with E-state index in [0.29, 0.717) is 19.8 Å². The Morgan fingerprint density at radius 3 is 2.65 bits per heavy atom. The van der Waals surface area contributed by atoms with Crippen molar-refractivity contribution in [1.29, 1.82) is 0 Å². The Morgan fingerprint density at radius 2 is 1.90 bits per heavy atom. The molecule has 1 heterocycles. The van der Waals surface area contributed by atoms with E-state index in [9.17, 15) is 4.39 Å². The largest absolute Gasteiger partial charge is 0.330 e. The van der Waals surface area contributed by atoms with Crippen molar-refractivity contribution in [2.75, 3.05) is 0 Å². The minimum absolute atomic E-state index is 0.349. The molecule has 0 aliphatic rings. The van der Waals surface area contributed by atoms with Gasteiger partial charge in [0.25, 0.3) is 0 Å². The van der Waals surface area contributed by atoms with E-state index in [1.54, 1.807) is 22.8 Å². The SMILES string of the molecule is Fc1cc2c(cc1Br)[nH]c(=S)n2-c1cc(Cl)ccc1Br. The van der Waals surface area contributed by atoms with Crippen LogP contribution in [-0.4, -0.2) is 9.55 Å². The van der Waals surface area contributed by atoms with Gasteiger partial charge in [-0.25, -0.2) is 4.39 Å². The first-order chi connectivity index (χ1) is 9.47. The molecule has 2 nitrogen and oxygen atoms in total. The molecule has 0 saturated carbocycles. The van der Waals surface area contributed by atoms with E-state index in [2.05, 4.69) is 36.8 Å². The monoisotopic (exact) mass is 434 g/mol. The van der Waals surface area contributed by atoms with Gasteiger partial charge in [0.05, 0.1) is 21.2 Å². The number of fused-ring (bicyclic) bond motifs is 1. The van der Waals surface area contributed by atoms with E-state index in [0.717, 1.165) is 15.7 Å². The van der Waals surface area contributed by atoms with Crippen LogP contribution >= 0.6 is 55.7 Å². The number of benzene rings is 2. The molecule has 0 aliphatic heterocycles. The van der Waals surface area contributed by atoms with Crippen LogP contribution in [0.25, 0.3) is 16.7 Å². The highest BCUT2D eigenvalue weighted by atomic mass is 79.9. The Hall–Kier alpha value is -0.690. The third-order valence-electron chi connectivity index (χ3n) is 2.87. The van der Waals surface area contributed by atoms with Crippen molar-refractivity contribution in [3.8, 4) is 5.69 Å². The number of aromatic nitrogens is 2. The number of imidazole rings is 1. The lowest BCUT2D eigenvalue weighted by Crippen LogP contribution is -1.95. The molecule has 1 aromatic heterocycles. The lowest BCUT2D eigenvalue weighted by molar-refractivity contribution is 0.622. The van der Waals surface area contributed by atoms with Crippen molar-refractivity contribution < 1.29 is 4.39 Å². The van der Waals surface area contributed by atoms with Gasteiger partial charge in [-0.1, -0.05) is 11.6 Å². The van der Waals surface area contributed by atoms with Gasteiger partial charge in [0.15, 0.2) is 4.77 Å². The Bertz CT molecular complexity index is 888. The molecule has 0 radical (unpaired) electrons. The highest BCUT2D eigenvalue weighted by Gasteiger charge is 2.12. The average molecular weight is 437 g/mol. The van der Waals surface area contributed by atoms with Gasteiger partial charge in [-0.3, -0.25) is 4.57 Å². The predicted molar refractivity (Wildman–Crippen MR) is 88.8 cm³/mol. The summed E-state index contributed by atoms with van der Waals surface area (Å²) >= 11 is 18.0. The molecule has 0 amide bonds. The van der Waals surface area contributed by atoms with Crippen LogP contribution in [0.15, 0.2) is 39.3 Å². The molecule has 0 bridgehead atoms. The molecule has 7 heteroatoms. The standard InChI is InChI=1S/C13H6Br2ClFN2S/c14-7-2-1-6(16)3-11(7)19-12-5-9(17)8(15)4-10(12)18-13(19)20/h1-5H,(H,18,20). The van der Waals surface area contributed by atoms with Gasteiger partial charge in [-0.2, -0.15) is 0 Å². The van der Waals surface area contributed by atoms with Crippen molar-refractivity contribution in [1.82, 2.24) is 9.55 Å². The number of nitrogens with zero attached hydrogens (tertiary/aromatic N) is 1. The summed E-state index contributed by atoms with van der Waals surface area (Å²) in [5.74, 6) is -0.349. The average Bonchev–Trinajstić information content (AvgIpc) is 2.69. The molecule has 1 N–H and O–H groups in total. The second kappa shape index (κ2) is 5.26. The zero-order valence-electron chi connectivity index (χ0n) is 9.75.